The molecular weight excluding hydrogens is 394 g/mol. The third-order valence-corrected chi connectivity index (χ3v) is 3.05. The van der Waals surface area contributed by atoms with Crippen LogP contribution in [0.15, 0.2) is 29.3 Å². The normalized spacial score (nSPS) is 13.0. The van der Waals surface area contributed by atoms with Crippen molar-refractivity contribution in [3.8, 4) is 0 Å². The van der Waals surface area contributed by atoms with Gasteiger partial charge in [-0.25, -0.2) is 4.39 Å². The van der Waals surface area contributed by atoms with Crippen LogP contribution in [0.25, 0.3) is 0 Å². The average molecular weight is 422 g/mol. The highest BCUT2D eigenvalue weighted by Gasteiger charge is 2.14. The molecule has 1 aromatic carbocycles. The maximum Gasteiger partial charge on any atom is 0.191 e. The van der Waals surface area contributed by atoms with Crippen molar-refractivity contribution < 1.29 is 4.39 Å². The minimum Gasteiger partial charge on any atom is -0.357 e. The summed E-state index contributed by atoms with van der Waals surface area (Å²) in [6.07, 6.45) is 0. The van der Waals surface area contributed by atoms with E-state index in [0.717, 1.165) is 18.1 Å². The highest BCUT2D eigenvalue weighted by atomic mass is 127. The molecule has 0 heterocycles. The Morgan fingerprint density at radius 1 is 1.32 bits per heavy atom. The fourth-order valence-corrected chi connectivity index (χ4v) is 2.05. The minimum atomic E-state index is -0.212. The second-order valence-electron chi connectivity index (χ2n) is 5.55. The molecule has 1 unspecified atom stereocenters. The van der Waals surface area contributed by atoms with E-state index in [1.165, 1.54) is 6.07 Å². The maximum absolute atomic E-state index is 13.4. The summed E-state index contributed by atoms with van der Waals surface area (Å²) < 4.78 is 13.4. The Kier molecular flexibility index (Phi) is 10.3. The second kappa shape index (κ2) is 10.8. The van der Waals surface area contributed by atoms with Crippen LogP contribution in [0.5, 0.6) is 0 Å². The summed E-state index contributed by atoms with van der Waals surface area (Å²) in [6.45, 7) is 7.56. The van der Waals surface area contributed by atoms with Crippen LogP contribution in [0, 0.1) is 5.82 Å². The van der Waals surface area contributed by atoms with Gasteiger partial charge in [0.2, 0.25) is 0 Å². The van der Waals surface area contributed by atoms with Gasteiger partial charge in [-0.3, -0.25) is 4.99 Å². The van der Waals surface area contributed by atoms with E-state index in [4.69, 9.17) is 0 Å². The maximum atomic E-state index is 13.4. The highest BCUT2D eigenvalue weighted by Crippen LogP contribution is 2.19. The van der Waals surface area contributed by atoms with E-state index in [-0.39, 0.29) is 35.8 Å². The van der Waals surface area contributed by atoms with Crippen molar-refractivity contribution in [2.45, 2.75) is 32.9 Å². The lowest BCUT2D eigenvalue weighted by Gasteiger charge is -2.24. The van der Waals surface area contributed by atoms with Crippen molar-refractivity contribution in [2.24, 2.45) is 4.99 Å². The number of guanidine groups is 1. The lowest BCUT2D eigenvalue weighted by molar-refractivity contribution is 0.305. The summed E-state index contributed by atoms with van der Waals surface area (Å²) in [6, 6.07) is 7.07. The molecule has 0 radical (unpaired) electrons. The molecule has 0 fully saturated rings. The van der Waals surface area contributed by atoms with Gasteiger partial charge in [0.05, 0.1) is 12.6 Å². The molecule has 1 rings (SSSR count). The molecule has 126 valence electrons. The predicted octanol–water partition coefficient (Wildman–Crippen LogP) is 3.01. The largest absolute Gasteiger partial charge is 0.357 e. The van der Waals surface area contributed by atoms with Gasteiger partial charge in [-0.15, -0.1) is 24.0 Å². The summed E-state index contributed by atoms with van der Waals surface area (Å²) in [5, 5.41) is 6.50. The van der Waals surface area contributed by atoms with E-state index >= 15 is 0 Å². The molecule has 0 aliphatic carbocycles. The van der Waals surface area contributed by atoms with Crippen LogP contribution in [0.3, 0.4) is 0 Å². The van der Waals surface area contributed by atoms with Crippen LogP contribution in [-0.4, -0.2) is 44.1 Å². The summed E-state index contributed by atoms with van der Waals surface area (Å²) in [4.78, 5) is 6.66. The number of hydrogen-bond acceptors (Lipinski definition) is 2. The van der Waals surface area contributed by atoms with E-state index in [1.807, 2.05) is 27.1 Å². The quantitative estimate of drug-likeness (QED) is 0.421. The Bertz CT molecular complexity index is 463. The van der Waals surface area contributed by atoms with E-state index in [0.29, 0.717) is 12.6 Å². The van der Waals surface area contributed by atoms with Gasteiger partial charge in [0.25, 0.3) is 0 Å². The number of halogens is 2. The average Bonchev–Trinajstić information content (AvgIpc) is 2.38. The van der Waals surface area contributed by atoms with Crippen molar-refractivity contribution in [1.82, 2.24) is 15.5 Å². The zero-order valence-electron chi connectivity index (χ0n) is 14.1. The summed E-state index contributed by atoms with van der Waals surface area (Å²) in [5.74, 6) is 0.575. The molecule has 0 aliphatic rings. The molecule has 4 nitrogen and oxygen atoms in total. The Morgan fingerprint density at radius 2 is 2.00 bits per heavy atom. The van der Waals surface area contributed by atoms with Gasteiger partial charge in [-0.05, 0) is 52.6 Å². The number of likely N-dealkylation sites (N-methyl/N-ethyl adjacent to an activating group) is 1. The van der Waals surface area contributed by atoms with Gasteiger partial charge in [0.15, 0.2) is 5.96 Å². The number of rotatable bonds is 6. The smallest absolute Gasteiger partial charge is 0.191 e. The molecule has 0 aromatic heterocycles. The van der Waals surface area contributed by atoms with E-state index in [9.17, 15) is 4.39 Å². The molecule has 6 heteroatoms. The molecule has 0 spiro atoms. The minimum absolute atomic E-state index is 0. The predicted molar refractivity (Wildman–Crippen MR) is 102 cm³/mol. The Labute approximate surface area is 150 Å². The molecule has 0 saturated carbocycles. The van der Waals surface area contributed by atoms with Gasteiger partial charge in [0.1, 0.15) is 5.82 Å². The number of aliphatic imine (C=N–C) groups is 1. The Balaban J connectivity index is 0.00000441. The van der Waals surface area contributed by atoms with Crippen LogP contribution in [0.2, 0.25) is 0 Å². The lowest BCUT2D eigenvalue weighted by Crippen LogP contribution is -2.41. The second-order valence-corrected chi connectivity index (χ2v) is 5.55. The van der Waals surface area contributed by atoms with Crippen LogP contribution >= 0.6 is 24.0 Å². The third-order valence-electron chi connectivity index (χ3n) is 3.05. The molecule has 0 saturated heterocycles. The first-order valence-corrected chi connectivity index (χ1v) is 7.40. The van der Waals surface area contributed by atoms with Gasteiger partial charge in [-0.2, -0.15) is 0 Å². The van der Waals surface area contributed by atoms with Gasteiger partial charge in [-0.1, -0.05) is 12.1 Å². The third kappa shape index (κ3) is 7.40. The standard InChI is InChI=1S/C16H27FN4.HI/c1-6-18-16(20-12(2)3)19-11-15(21(4)5)13-8-7-9-14(17)10-13;/h7-10,12,15H,6,11H2,1-5H3,(H2,18,19,20);1H. The number of nitrogens with one attached hydrogen (secondary N) is 2. The fourth-order valence-electron chi connectivity index (χ4n) is 2.05. The van der Waals surface area contributed by atoms with E-state index in [2.05, 4.69) is 34.4 Å². The molecule has 0 bridgehead atoms. The van der Waals surface area contributed by atoms with Crippen molar-refractivity contribution >= 4 is 29.9 Å². The van der Waals surface area contributed by atoms with E-state index in [1.54, 1.807) is 12.1 Å². The van der Waals surface area contributed by atoms with Crippen LogP contribution in [-0.2, 0) is 0 Å². The first kappa shape index (κ1) is 21.1. The van der Waals surface area contributed by atoms with Crippen LogP contribution < -0.4 is 10.6 Å². The molecule has 0 amide bonds. The fraction of sp³-hybridized carbons (Fsp3) is 0.562. The first-order chi connectivity index (χ1) is 9.93. The molecule has 1 aromatic rings. The van der Waals surface area contributed by atoms with Crippen LogP contribution in [0.1, 0.15) is 32.4 Å². The van der Waals surface area contributed by atoms with Crippen LogP contribution in [0.4, 0.5) is 4.39 Å². The molecule has 0 aliphatic heterocycles. The number of hydrogen-bond donors (Lipinski definition) is 2. The van der Waals surface area contributed by atoms with Crippen molar-refractivity contribution in [3.63, 3.8) is 0 Å². The van der Waals surface area contributed by atoms with Crippen molar-refractivity contribution in [2.75, 3.05) is 27.2 Å². The summed E-state index contributed by atoms with van der Waals surface area (Å²) in [5.41, 5.74) is 0.934. The molecule has 1 atom stereocenters. The molecule has 22 heavy (non-hydrogen) atoms. The SMILES string of the molecule is CCNC(=NCC(c1cccc(F)c1)N(C)C)NC(C)C.I. The summed E-state index contributed by atoms with van der Waals surface area (Å²) >= 11 is 0. The summed E-state index contributed by atoms with van der Waals surface area (Å²) in [7, 11) is 3.96. The topological polar surface area (TPSA) is 39.7 Å². The van der Waals surface area contributed by atoms with E-state index < -0.39 is 0 Å². The molecular formula is C16H28FIN4. The zero-order valence-corrected chi connectivity index (χ0v) is 16.4. The first-order valence-electron chi connectivity index (χ1n) is 7.40. The van der Waals surface area contributed by atoms with Crippen molar-refractivity contribution in [1.29, 1.82) is 0 Å². The monoisotopic (exact) mass is 422 g/mol. The van der Waals surface area contributed by atoms with Gasteiger partial charge >= 0.3 is 0 Å². The zero-order chi connectivity index (χ0) is 15.8. The van der Waals surface area contributed by atoms with Gasteiger partial charge < -0.3 is 15.5 Å². The lowest BCUT2D eigenvalue weighted by atomic mass is 10.1. The molecule has 2 N–H and O–H groups in total. The number of nitrogens with zero attached hydrogens (tertiary/aromatic N) is 2. The van der Waals surface area contributed by atoms with Gasteiger partial charge in [0, 0.05) is 12.6 Å². The van der Waals surface area contributed by atoms with Crippen molar-refractivity contribution in [3.05, 3.63) is 35.6 Å². The Hall–Kier alpha value is -0.890. The highest BCUT2D eigenvalue weighted by molar-refractivity contribution is 14.0. The Morgan fingerprint density at radius 3 is 2.50 bits per heavy atom. The number of benzene rings is 1.